The normalized spacial score (nSPS) is 16.3. The van der Waals surface area contributed by atoms with Gasteiger partial charge in [0.15, 0.2) is 0 Å². The molecule has 22 heteroatoms. The Bertz CT molecular complexity index is 2270. The lowest BCUT2D eigenvalue weighted by molar-refractivity contribution is -0.138. The van der Waals surface area contributed by atoms with Crippen LogP contribution in [0, 0.1) is 11.9 Å². The van der Waals surface area contributed by atoms with Crippen LogP contribution in [0.2, 0.25) is 0 Å². The van der Waals surface area contributed by atoms with Crippen molar-refractivity contribution in [2.24, 2.45) is 0 Å². The molecule has 2 N–H and O–H groups in total. The van der Waals surface area contributed by atoms with Gasteiger partial charge in [-0.3, -0.25) is 9.59 Å². The maximum Gasteiger partial charge on any atom is 0.416 e. The molecule has 0 aliphatic carbocycles. The highest BCUT2D eigenvalue weighted by molar-refractivity contribution is 6.05. The molecule has 0 saturated carbocycles. The van der Waals surface area contributed by atoms with Gasteiger partial charge in [0, 0.05) is 49.0 Å². The Morgan fingerprint density at radius 2 is 0.971 bits per heavy atom. The molecule has 2 aliphatic rings. The van der Waals surface area contributed by atoms with Crippen LogP contribution in [-0.2, 0) is 21.8 Å². The van der Waals surface area contributed by atoms with E-state index in [1.165, 1.54) is 34.1 Å². The molecule has 2 saturated heterocycles. The second-order valence-electron chi connectivity index (χ2n) is 17.6. The summed E-state index contributed by atoms with van der Waals surface area (Å²) in [6.45, 7) is 11.2. The summed E-state index contributed by atoms with van der Waals surface area (Å²) < 4.78 is 130. The Morgan fingerprint density at radius 1 is 0.603 bits per heavy atom. The number of anilines is 2. The maximum atomic E-state index is 13.8. The number of halogens is 8. The summed E-state index contributed by atoms with van der Waals surface area (Å²) in [7, 11) is 0. The molecule has 2 aromatic carbocycles. The molecule has 14 nitrogen and oxygen atoms in total. The summed E-state index contributed by atoms with van der Waals surface area (Å²) in [6.07, 6.45) is -5.57. The molecule has 4 heterocycles. The standard InChI is InChI=1S/2C23H25F4N3O4/c2*1-22(2,3)34-21(32)30-9-5-6-16(30)13-33-17-11-14(23(25,26)27)10-15(12-17)29-20(31)18-7-4-8-28-19(18)24/h2*4,7-8,10-12,16H,5-6,9,13H2,1-3H3,(H,29,31). The van der Waals surface area contributed by atoms with Crippen LogP contribution in [0.3, 0.4) is 0 Å². The molecule has 4 aromatic rings. The lowest BCUT2D eigenvalue weighted by atomic mass is 10.1. The number of alkyl halides is 6. The minimum atomic E-state index is -4.71. The van der Waals surface area contributed by atoms with Gasteiger partial charge in [0.05, 0.1) is 34.3 Å². The van der Waals surface area contributed by atoms with E-state index >= 15 is 0 Å². The largest absolute Gasteiger partial charge is 0.491 e. The number of nitrogens with zero attached hydrogens (tertiary/aromatic N) is 4. The quantitative estimate of drug-likeness (QED) is 0.116. The van der Waals surface area contributed by atoms with Crippen LogP contribution >= 0.6 is 0 Å². The lowest BCUT2D eigenvalue weighted by Gasteiger charge is -2.28. The van der Waals surface area contributed by atoms with Crippen molar-refractivity contribution < 1.29 is 73.2 Å². The zero-order valence-electron chi connectivity index (χ0n) is 37.8. The average molecular weight is 967 g/mol. The first-order chi connectivity index (χ1) is 31.7. The number of pyridine rings is 2. The summed E-state index contributed by atoms with van der Waals surface area (Å²) >= 11 is 0. The van der Waals surface area contributed by atoms with Crippen LogP contribution in [0.5, 0.6) is 11.5 Å². The van der Waals surface area contributed by atoms with E-state index in [1.54, 1.807) is 41.5 Å². The monoisotopic (exact) mass is 966 g/mol. The number of hydrogen-bond donors (Lipinski definition) is 2. The molecule has 2 fully saturated rings. The molecule has 6 rings (SSSR count). The molecule has 0 radical (unpaired) electrons. The first-order valence-corrected chi connectivity index (χ1v) is 21.2. The predicted molar refractivity (Wildman–Crippen MR) is 230 cm³/mol. The van der Waals surface area contributed by atoms with E-state index in [-0.39, 0.29) is 48.2 Å². The lowest BCUT2D eigenvalue weighted by Crippen LogP contribution is -2.42. The third-order valence-corrected chi connectivity index (χ3v) is 9.89. The molecular weight excluding hydrogens is 917 g/mol. The fourth-order valence-electron chi connectivity index (χ4n) is 6.87. The van der Waals surface area contributed by atoms with Crippen molar-refractivity contribution in [3.8, 4) is 11.5 Å². The van der Waals surface area contributed by atoms with Crippen LogP contribution in [0.25, 0.3) is 0 Å². The van der Waals surface area contributed by atoms with Crippen LogP contribution in [-0.4, -0.2) is 93.4 Å². The smallest absolute Gasteiger partial charge is 0.416 e. The van der Waals surface area contributed by atoms with Gasteiger partial charge in [-0.2, -0.15) is 35.1 Å². The van der Waals surface area contributed by atoms with E-state index in [9.17, 15) is 54.3 Å². The second-order valence-corrected chi connectivity index (χ2v) is 17.6. The predicted octanol–water partition coefficient (Wildman–Crippen LogP) is 10.5. The fraction of sp³-hybridized carbons (Fsp3) is 0.435. The van der Waals surface area contributed by atoms with Gasteiger partial charge >= 0.3 is 24.5 Å². The number of amides is 4. The number of nitrogens with one attached hydrogen (secondary N) is 2. The van der Waals surface area contributed by atoms with Crippen molar-refractivity contribution in [2.45, 2.75) is 103 Å². The minimum Gasteiger partial charge on any atom is -0.491 e. The summed E-state index contributed by atoms with van der Waals surface area (Å²) in [6, 6.07) is 9.67. The highest BCUT2D eigenvalue weighted by Crippen LogP contribution is 2.36. The van der Waals surface area contributed by atoms with Gasteiger partial charge < -0.3 is 39.4 Å². The van der Waals surface area contributed by atoms with Gasteiger partial charge in [0.2, 0.25) is 11.9 Å². The van der Waals surface area contributed by atoms with Gasteiger partial charge in [0.25, 0.3) is 11.8 Å². The van der Waals surface area contributed by atoms with Crippen LogP contribution in [0.1, 0.15) is 99.1 Å². The molecular formula is C46H50F8N6O8. The van der Waals surface area contributed by atoms with E-state index in [0.717, 1.165) is 48.8 Å². The zero-order valence-corrected chi connectivity index (χ0v) is 37.8. The first kappa shape index (κ1) is 52.2. The third kappa shape index (κ3) is 15.1. The number of carbonyl (C=O) groups is 4. The summed E-state index contributed by atoms with van der Waals surface area (Å²) in [5, 5.41) is 4.50. The highest BCUT2D eigenvalue weighted by Gasteiger charge is 2.36. The van der Waals surface area contributed by atoms with Gasteiger partial charge in [-0.25, -0.2) is 19.6 Å². The van der Waals surface area contributed by atoms with Gasteiger partial charge in [0.1, 0.15) is 35.9 Å². The number of benzene rings is 2. The number of hydrogen-bond acceptors (Lipinski definition) is 10. The molecule has 2 atom stereocenters. The fourth-order valence-corrected chi connectivity index (χ4v) is 6.87. The Hall–Kier alpha value is -6.74. The van der Waals surface area contributed by atoms with Crippen molar-refractivity contribution in [3.05, 3.63) is 107 Å². The maximum absolute atomic E-state index is 13.8. The summed E-state index contributed by atoms with van der Waals surface area (Å²) in [5.41, 5.74) is -4.77. The number of ether oxygens (including phenoxy) is 4. The Balaban J connectivity index is 0.000000254. The molecule has 368 valence electrons. The average Bonchev–Trinajstić information content (AvgIpc) is 3.91. The SMILES string of the molecule is CC(C)(C)OC(=O)N1CCCC1COc1cc(NC(=O)c2cccnc2F)cc(C(F)(F)F)c1.CC(C)(C)OC(=O)N1CCCC1COc1cc(NC(=O)c2cccnc2F)cc(C(F)(F)F)c1. The third-order valence-electron chi connectivity index (χ3n) is 9.89. The molecule has 0 bridgehead atoms. The molecule has 4 amide bonds. The molecule has 0 spiro atoms. The number of rotatable bonds is 10. The van der Waals surface area contributed by atoms with Gasteiger partial charge in [-0.15, -0.1) is 0 Å². The van der Waals surface area contributed by atoms with E-state index in [4.69, 9.17) is 18.9 Å². The van der Waals surface area contributed by atoms with Crippen LogP contribution < -0.4 is 20.1 Å². The Kier molecular flexibility index (Phi) is 16.5. The molecule has 2 aromatic heterocycles. The van der Waals surface area contributed by atoms with E-state index in [2.05, 4.69) is 20.6 Å². The van der Waals surface area contributed by atoms with E-state index in [0.29, 0.717) is 38.8 Å². The Labute approximate surface area is 386 Å². The number of aromatic nitrogens is 2. The van der Waals surface area contributed by atoms with Crippen LogP contribution in [0.15, 0.2) is 73.1 Å². The van der Waals surface area contributed by atoms with Crippen molar-refractivity contribution in [2.75, 3.05) is 36.9 Å². The van der Waals surface area contributed by atoms with Gasteiger partial charge in [-0.05, 0) is 116 Å². The minimum absolute atomic E-state index is 0.0643. The molecule has 2 unspecified atom stereocenters. The zero-order chi connectivity index (χ0) is 50.2. The highest BCUT2D eigenvalue weighted by atomic mass is 19.4. The van der Waals surface area contributed by atoms with Crippen molar-refractivity contribution in [3.63, 3.8) is 0 Å². The second kappa shape index (κ2) is 21.5. The summed E-state index contributed by atoms with van der Waals surface area (Å²) in [5.74, 6) is -4.33. The molecule has 2 aliphatic heterocycles. The van der Waals surface area contributed by atoms with Crippen molar-refractivity contribution in [1.82, 2.24) is 19.8 Å². The Morgan fingerprint density at radius 3 is 1.29 bits per heavy atom. The van der Waals surface area contributed by atoms with Crippen LogP contribution in [0.4, 0.5) is 56.1 Å². The van der Waals surface area contributed by atoms with E-state index in [1.807, 2.05) is 0 Å². The first-order valence-electron chi connectivity index (χ1n) is 21.2. The number of likely N-dealkylation sites (tertiary alicyclic amines) is 2. The van der Waals surface area contributed by atoms with E-state index < -0.39 is 81.7 Å². The topological polar surface area (TPSA) is 162 Å². The molecule has 68 heavy (non-hydrogen) atoms. The van der Waals surface area contributed by atoms with Crippen molar-refractivity contribution in [1.29, 1.82) is 0 Å². The van der Waals surface area contributed by atoms with Gasteiger partial charge in [-0.1, -0.05) is 0 Å². The van der Waals surface area contributed by atoms with Crippen molar-refractivity contribution >= 4 is 35.4 Å². The number of carbonyl (C=O) groups excluding carboxylic acids is 4. The summed E-state index contributed by atoms with van der Waals surface area (Å²) in [4.78, 5) is 59.2.